The van der Waals surface area contributed by atoms with Crippen molar-refractivity contribution in [3.63, 3.8) is 0 Å². The van der Waals surface area contributed by atoms with Gasteiger partial charge in [0.1, 0.15) is 0 Å². The largest absolute Gasteiger partial charge is 0.355 e. The highest BCUT2D eigenvalue weighted by molar-refractivity contribution is 5.83. The Bertz CT molecular complexity index is 267. The number of carbonyl (C=O) groups is 2. The summed E-state index contributed by atoms with van der Waals surface area (Å²) in [5, 5.41) is 8.58. The molecule has 0 aliphatic heterocycles. The highest BCUT2D eigenvalue weighted by Gasteiger charge is 2.14. The quantitative estimate of drug-likeness (QED) is 0.598. The van der Waals surface area contributed by atoms with Crippen molar-refractivity contribution in [3.8, 4) is 0 Å². The third kappa shape index (κ3) is 7.27. The van der Waals surface area contributed by atoms with Gasteiger partial charge in [-0.15, -0.1) is 0 Å². The molecule has 0 aromatic heterocycles. The van der Waals surface area contributed by atoms with Gasteiger partial charge in [-0.3, -0.25) is 14.9 Å². The molecule has 0 spiro atoms. The fourth-order valence-electron chi connectivity index (χ4n) is 1.21. The lowest BCUT2D eigenvalue weighted by molar-refractivity contribution is -0.123. The fourth-order valence-corrected chi connectivity index (χ4v) is 1.21. The molecule has 18 heavy (non-hydrogen) atoms. The number of amides is 2. The van der Waals surface area contributed by atoms with Crippen LogP contribution in [0.5, 0.6) is 0 Å². The van der Waals surface area contributed by atoms with Crippen LogP contribution in [0, 0.1) is 5.92 Å². The molecule has 0 saturated heterocycles. The van der Waals surface area contributed by atoms with E-state index in [2.05, 4.69) is 29.8 Å². The molecule has 2 unspecified atom stereocenters. The van der Waals surface area contributed by atoms with Gasteiger partial charge in [0, 0.05) is 12.6 Å². The second kappa shape index (κ2) is 8.91. The van der Waals surface area contributed by atoms with E-state index < -0.39 is 0 Å². The van der Waals surface area contributed by atoms with Crippen LogP contribution in [0.1, 0.15) is 41.0 Å². The van der Waals surface area contributed by atoms with Crippen LogP contribution in [-0.4, -0.2) is 37.0 Å². The zero-order chi connectivity index (χ0) is 14.1. The van der Waals surface area contributed by atoms with Gasteiger partial charge in [-0.1, -0.05) is 20.8 Å². The number of carbonyl (C=O) groups excluding carboxylic acids is 2. The first-order chi connectivity index (χ1) is 8.38. The molecule has 0 aliphatic carbocycles. The maximum Gasteiger partial charge on any atom is 0.236 e. The average Bonchev–Trinajstić information content (AvgIpc) is 2.32. The average molecular weight is 257 g/mol. The van der Waals surface area contributed by atoms with E-state index in [9.17, 15) is 9.59 Å². The monoisotopic (exact) mass is 257 g/mol. The summed E-state index contributed by atoms with van der Waals surface area (Å²) in [4.78, 5) is 23.1. The number of hydrogen-bond donors (Lipinski definition) is 3. The molecular formula is C13H27N3O2. The zero-order valence-electron chi connectivity index (χ0n) is 12.2. The summed E-state index contributed by atoms with van der Waals surface area (Å²) in [5.41, 5.74) is 0. The Balaban J connectivity index is 3.87. The molecule has 3 N–H and O–H groups in total. The van der Waals surface area contributed by atoms with E-state index in [0.717, 1.165) is 6.42 Å². The van der Waals surface area contributed by atoms with Gasteiger partial charge in [0.2, 0.25) is 11.8 Å². The Hall–Kier alpha value is -1.10. The molecule has 0 aromatic rings. The van der Waals surface area contributed by atoms with Crippen LogP contribution in [0.25, 0.3) is 0 Å². The summed E-state index contributed by atoms with van der Waals surface area (Å²) in [5.74, 6) is 0.257. The molecular weight excluding hydrogens is 230 g/mol. The highest BCUT2D eigenvalue weighted by atomic mass is 16.2. The summed E-state index contributed by atoms with van der Waals surface area (Å²) >= 11 is 0. The maximum atomic E-state index is 11.6. The summed E-state index contributed by atoms with van der Waals surface area (Å²) in [6.45, 7) is 10.7. The summed E-state index contributed by atoms with van der Waals surface area (Å²) in [6, 6.07) is -0.208. The molecule has 0 aliphatic rings. The molecule has 5 heteroatoms. The Morgan fingerprint density at radius 1 is 1.11 bits per heavy atom. The van der Waals surface area contributed by atoms with Crippen LogP contribution in [0.15, 0.2) is 0 Å². The first-order valence-electron chi connectivity index (χ1n) is 6.68. The summed E-state index contributed by atoms with van der Waals surface area (Å²) < 4.78 is 0. The van der Waals surface area contributed by atoms with E-state index in [0.29, 0.717) is 12.5 Å². The first-order valence-corrected chi connectivity index (χ1v) is 6.68. The Kier molecular flexibility index (Phi) is 8.37. The molecule has 0 aromatic carbocycles. The van der Waals surface area contributed by atoms with E-state index in [1.807, 2.05) is 13.8 Å². The fraction of sp³-hybridized carbons (Fsp3) is 0.846. The second-order valence-electron chi connectivity index (χ2n) is 4.99. The van der Waals surface area contributed by atoms with Crippen molar-refractivity contribution in [2.24, 2.45) is 5.92 Å². The van der Waals surface area contributed by atoms with Crippen LogP contribution >= 0.6 is 0 Å². The second-order valence-corrected chi connectivity index (χ2v) is 4.99. The van der Waals surface area contributed by atoms with Crippen molar-refractivity contribution < 1.29 is 9.59 Å². The van der Waals surface area contributed by atoms with E-state index in [1.54, 1.807) is 6.92 Å². The molecule has 0 fully saturated rings. The van der Waals surface area contributed by atoms with Crippen molar-refractivity contribution in [2.45, 2.75) is 53.1 Å². The van der Waals surface area contributed by atoms with Gasteiger partial charge in [0.15, 0.2) is 0 Å². The van der Waals surface area contributed by atoms with E-state index in [-0.39, 0.29) is 30.4 Å². The van der Waals surface area contributed by atoms with Gasteiger partial charge in [-0.2, -0.15) is 0 Å². The van der Waals surface area contributed by atoms with Crippen LogP contribution in [0.4, 0.5) is 0 Å². The smallest absolute Gasteiger partial charge is 0.236 e. The van der Waals surface area contributed by atoms with Crippen molar-refractivity contribution in [3.05, 3.63) is 0 Å². The van der Waals surface area contributed by atoms with Gasteiger partial charge in [-0.25, -0.2) is 0 Å². The van der Waals surface area contributed by atoms with E-state index in [1.165, 1.54) is 0 Å². The van der Waals surface area contributed by atoms with Gasteiger partial charge in [0.05, 0.1) is 12.6 Å². The van der Waals surface area contributed by atoms with Crippen molar-refractivity contribution in [1.82, 2.24) is 16.0 Å². The highest BCUT2D eigenvalue weighted by Crippen LogP contribution is 1.98. The van der Waals surface area contributed by atoms with Crippen molar-refractivity contribution >= 4 is 11.8 Å². The minimum Gasteiger partial charge on any atom is -0.355 e. The lowest BCUT2D eigenvalue weighted by atomic mass is 10.1. The molecule has 0 rings (SSSR count). The maximum absolute atomic E-state index is 11.6. The molecule has 0 heterocycles. The number of hydrogen-bond acceptors (Lipinski definition) is 3. The third-order valence-electron chi connectivity index (χ3n) is 2.90. The van der Waals surface area contributed by atoms with Crippen molar-refractivity contribution in [1.29, 1.82) is 0 Å². The SMILES string of the molecule is CCCNC(=O)C(C)NCC(=O)NC(C)C(C)C. The predicted octanol–water partition coefficient (Wildman–Crippen LogP) is 0.651. The summed E-state index contributed by atoms with van der Waals surface area (Å²) in [7, 11) is 0. The Morgan fingerprint density at radius 3 is 2.22 bits per heavy atom. The van der Waals surface area contributed by atoms with E-state index in [4.69, 9.17) is 0 Å². The van der Waals surface area contributed by atoms with Crippen LogP contribution in [0.3, 0.4) is 0 Å². The molecule has 2 amide bonds. The molecule has 5 nitrogen and oxygen atoms in total. The van der Waals surface area contributed by atoms with Gasteiger partial charge in [0.25, 0.3) is 0 Å². The van der Waals surface area contributed by atoms with Gasteiger partial charge in [-0.05, 0) is 26.2 Å². The molecule has 106 valence electrons. The third-order valence-corrected chi connectivity index (χ3v) is 2.90. The standard InChI is InChI=1S/C13H27N3O2/c1-6-7-14-13(18)11(5)15-8-12(17)16-10(4)9(2)3/h9-11,15H,6-8H2,1-5H3,(H,14,18)(H,16,17). The van der Waals surface area contributed by atoms with Crippen molar-refractivity contribution in [2.75, 3.05) is 13.1 Å². The van der Waals surface area contributed by atoms with Gasteiger partial charge < -0.3 is 10.6 Å². The lowest BCUT2D eigenvalue weighted by Gasteiger charge is -2.19. The van der Waals surface area contributed by atoms with Crippen LogP contribution in [0.2, 0.25) is 0 Å². The zero-order valence-corrected chi connectivity index (χ0v) is 12.2. The van der Waals surface area contributed by atoms with Crippen LogP contribution in [-0.2, 0) is 9.59 Å². The van der Waals surface area contributed by atoms with E-state index >= 15 is 0 Å². The molecule has 0 saturated carbocycles. The van der Waals surface area contributed by atoms with Crippen LogP contribution < -0.4 is 16.0 Å². The normalized spacial score (nSPS) is 14.1. The molecule has 2 atom stereocenters. The minimum absolute atomic E-state index is 0.0680. The number of rotatable bonds is 8. The topological polar surface area (TPSA) is 70.2 Å². The lowest BCUT2D eigenvalue weighted by Crippen LogP contribution is -2.48. The first kappa shape index (κ1) is 16.9. The Labute approximate surface area is 110 Å². The van der Waals surface area contributed by atoms with Gasteiger partial charge >= 0.3 is 0 Å². The minimum atomic E-state index is -0.350. The Morgan fingerprint density at radius 2 is 1.72 bits per heavy atom. The molecule has 0 bridgehead atoms. The molecule has 0 radical (unpaired) electrons. The number of nitrogens with one attached hydrogen (secondary N) is 3. The predicted molar refractivity (Wildman–Crippen MR) is 73.2 cm³/mol. The summed E-state index contributed by atoms with van der Waals surface area (Å²) in [6.07, 6.45) is 0.908.